The van der Waals surface area contributed by atoms with Gasteiger partial charge in [0.2, 0.25) is 6.79 Å². The Bertz CT molecular complexity index is 427. The van der Waals surface area contributed by atoms with Crippen molar-refractivity contribution < 1.29 is 23.7 Å². The van der Waals surface area contributed by atoms with Crippen LogP contribution in [0.3, 0.4) is 0 Å². The zero-order valence-electron chi connectivity index (χ0n) is 9.18. The van der Waals surface area contributed by atoms with E-state index in [1.165, 1.54) is 6.26 Å². The van der Waals surface area contributed by atoms with E-state index in [0.29, 0.717) is 23.7 Å². The van der Waals surface area contributed by atoms with Crippen LogP contribution in [-0.2, 0) is 9.47 Å². The van der Waals surface area contributed by atoms with Gasteiger partial charge in [0.15, 0.2) is 11.5 Å². The Labute approximate surface area is 98.5 Å². The fourth-order valence-electron chi connectivity index (χ4n) is 1.37. The molecule has 5 heteroatoms. The summed E-state index contributed by atoms with van der Waals surface area (Å²) >= 11 is 0. The molecule has 17 heavy (non-hydrogen) atoms. The van der Waals surface area contributed by atoms with Crippen LogP contribution >= 0.6 is 0 Å². The Morgan fingerprint density at radius 3 is 3.00 bits per heavy atom. The van der Waals surface area contributed by atoms with Crippen molar-refractivity contribution in [3.05, 3.63) is 36.6 Å². The van der Waals surface area contributed by atoms with Gasteiger partial charge in [-0.1, -0.05) is 6.58 Å². The molecule has 5 nitrogen and oxygen atoms in total. The lowest BCUT2D eigenvalue weighted by molar-refractivity contribution is 0.0420. The molecule has 1 aliphatic heterocycles. The van der Waals surface area contributed by atoms with E-state index in [0.717, 1.165) is 0 Å². The number of fused-ring (bicyclic) bond motifs is 1. The van der Waals surface area contributed by atoms with Gasteiger partial charge < -0.3 is 18.9 Å². The van der Waals surface area contributed by atoms with Gasteiger partial charge in [0, 0.05) is 0 Å². The van der Waals surface area contributed by atoms with Gasteiger partial charge in [0.05, 0.1) is 11.8 Å². The van der Waals surface area contributed by atoms with Crippen LogP contribution < -0.4 is 9.47 Å². The second-order valence-electron chi connectivity index (χ2n) is 3.24. The van der Waals surface area contributed by atoms with Crippen LogP contribution in [0.25, 0.3) is 0 Å². The number of hydrogen-bond acceptors (Lipinski definition) is 5. The van der Waals surface area contributed by atoms with Crippen molar-refractivity contribution in [3.8, 4) is 11.5 Å². The van der Waals surface area contributed by atoms with Crippen molar-refractivity contribution in [3.63, 3.8) is 0 Å². The Morgan fingerprint density at radius 1 is 1.35 bits per heavy atom. The van der Waals surface area contributed by atoms with Crippen LogP contribution in [0.2, 0.25) is 0 Å². The second kappa shape index (κ2) is 5.25. The van der Waals surface area contributed by atoms with E-state index in [1.807, 2.05) is 0 Å². The first-order valence-electron chi connectivity index (χ1n) is 5.10. The summed E-state index contributed by atoms with van der Waals surface area (Å²) in [5, 5.41) is 0. The van der Waals surface area contributed by atoms with Crippen LogP contribution in [0, 0.1) is 0 Å². The molecule has 0 N–H and O–H groups in total. The Hall–Kier alpha value is -2.17. The Kier molecular flexibility index (Phi) is 3.49. The van der Waals surface area contributed by atoms with E-state index < -0.39 is 5.97 Å². The van der Waals surface area contributed by atoms with Gasteiger partial charge >= 0.3 is 5.97 Å². The van der Waals surface area contributed by atoms with Gasteiger partial charge in [-0.25, -0.2) is 4.79 Å². The van der Waals surface area contributed by atoms with Gasteiger partial charge in [-0.05, 0) is 18.2 Å². The Balaban J connectivity index is 1.93. The fraction of sp³-hybridized carbons (Fsp3) is 0.250. The monoisotopic (exact) mass is 236 g/mol. The molecule has 0 fully saturated rings. The molecule has 0 bridgehead atoms. The summed E-state index contributed by atoms with van der Waals surface area (Å²) in [5.41, 5.74) is 0.424. The Morgan fingerprint density at radius 2 is 2.18 bits per heavy atom. The summed E-state index contributed by atoms with van der Waals surface area (Å²) < 4.78 is 20.1. The normalized spacial score (nSPS) is 12.0. The third kappa shape index (κ3) is 2.69. The molecule has 0 aliphatic carbocycles. The molecule has 0 atom stereocenters. The number of carbonyl (C=O) groups is 1. The quantitative estimate of drug-likeness (QED) is 0.442. The van der Waals surface area contributed by atoms with E-state index in [1.54, 1.807) is 18.2 Å². The highest BCUT2D eigenvalue weighted by molar-refractivity contribution is 5.90. The van der Waals surface area contributed by atoms with E-state index in [-0.39, 0.29) is 13.4 Å². The van der Waals surface area contributed by atoms with Gasteiger partial charge in [-0.2, -0.15) is 0 Å². The highest BCUT2D eigenvalue weighted by Crippen LogP contribution is 2.32. The van der Waals surface area contributed by atoms with Gasteiger partial charge in [-0.3, -0.25) is 0 Å². The maximum atomic E-state index is 11.6. The predicted molar refractivity (Wildman–Crippen MR) is 59.0 cm³/mol. The molecular formula is C12H12O5. The standard InChI is InChI=1S/C12H12O5/c1-2-14-5-6-15-12(13)9-3-4-10-11(7-9)17-8-16-10/h2-4,7H,1,5-6,8H2. The fourth-order valence-corrected chi connectivity index (χ4v) is 1.37. The van der Waals surface area contributed by atoms with E-state index in [4.69, 9.17) is 18.9 Å². The van der Waals surface area contributed by atoms with Gasteiger partial charge in [0.1, 0.15) is 13.2 Å². The zero-order chi connectivity index (χ0) is 12.1. The number of carbonyl (C=O) groups excluding carboxylic acids is 1. The molecule has 1 aromatic carbocycles. The molecular weight excluding hydrogens is 224 g/mol. The second-order valence-corrected chi connectivity index (χ2v) is 3.24. The van der Waals surface area contributed by atoms with E-state index in [9.17, 15) is 4.79 Å². The van der Waals surface area contributed by atoms with Crippen molar-refractivity contribution in [2.45, 2.75) is 0 Å². The lowest BCUT2D eigenvalue weighted by Crippen LogP contribution is -2.09. The molecule has 0 unspecified atom stereocenters. The number of hydrogen-bond donors (Lipinski definition) is 0. The first kappa shape index (κ1) is 11.3. The van der Waals surface area contributed by atoms with Crippen molar-refractivity contribution in [2.24, 2.45) is 0 Å². The molecule has 2 rings (SSSR count). The minimum atomic E-state index is -0.420. The van der Waals surface area contributed by atoms with Crippen molar-refractivity contribution in [2.75, 3.05) is 20.0 Å². The number of ether oxygens (including phenoxy) is 4. The van der Waals surface area contributed by atoms with E-state index in [2.05, 4.69) is 6.58 Å². The van der Waals surface area contributed by atoms with Crippen LogP contribution in [0.1, 0.15) is 10.4 Å². The molecule has 0 saturated carbocycles. The highest BCUT2D eigenvalue weighted by atomic mass is 16.7. The summed E-state index contributed by atoms with van der Waals surface area (Å²) in [6.45, 7) is 4.03. The van der Waals surface area contributed by atoms with Crippen molar-refractivity contribution in [1.29, 1.82) is 0 Å². The topological polar surface area (TPSA) is 54.0 Å². The molecule has 90 valence electrons. The van der Waals surface area contributed by atoms with Gasteiger partial charge in [0.25, 0.3) is 0 Å². The molecule has 0 saturated heterocycles. The molecule has 0 aromatic heterocycles. The summed E-state index contributed by atoms with van der Waals surface area (Å²) in [5.74, 6) is 0.772. The lowest BCUT2D eigenvalue weighted by Gasteiger charge is -2.05. The SMILES string of the molecule is C=COCCOC(=O)c1ccc2c(c1)OCO2. The molecule has 1 heterocycles. The molecule has 0 amide bonds. The average molecular weight is 236 g/mol. The molecule has 1 aromatic rings. The zero-order valence-corrected chi connectivity index (χ0v) is 9.18. The maximum absolute atomic E-state index is 11.6. The first-order valence-corrected chi connectivity index (χ1v) is 5.10. The third-order valence-corrected chi connectivity index (χ3v) is 2.16. The van der Waals surface area contributed by atoms with Crippen LogP contribution in [0.15, 0.2) is 31.0 Å². The number of rotatable bonds is 5. The summed E-state index contributed by atoms with van der Waals surface area (Å²) in [6, 6.07) is 4.91. The first-order chi connectivity index (χ1) is 8.31. The predicted octanol–water partition coefficient (Wildman–Crippen LogP) is 1.73. The molecule has 1 aliphatic rings. The minimum absolute atomic E-state index is 0.180. The average Bonchev–Trinajstić information content (AvgIpc) is 2.81. The van der Waals surface area contributed by atoms with Crippen LogP contribution in [0.5, 0.6) is 11.5 Å². The number of benzene rings is 1. The summed E-state index contributed by atoms with van der Waals surface area (Å²) in [7, 11) is 0. The van der Waals surface area contributed by atoms with E-state index >= 15 is 0 Å². The molecule has 0 spiro atoms. The van der Waals surface area contributed by atoms with Crippen molar-refractivity contribution >= 4 is 5.97 Å². The number of esters is 1. The van der Waals surface area contributed by atoms with Crippen molar-refractivity contribution in [1.82, 2.24) is 0 Å². The lowest BCUT2D eigenvalue weighted by atomic mass is 10.2. The largest absolute Gasteiger partial charge is 0.498 e. The van der Waals surface area contributed by atoms with Crippen LogP contribution in [0.4, 0.5) is 0 Å². The minimum Gasteiger partial charge on any atom is -0.498 e. The highest BCUT2D eigenvalue weighted by Gasteiger charge is 2.16. The summed E-state index contributed by atoms with van der Waals surface area (Å²) in [4.78, 5) is 11.6. The van der Waals surface area contributed by atoms with Crippen LogP contribution in [-0.4, -0.2) is 26.0 Å². The third-order valence-electron chi connectivity index (χ3n) is 2.16. The maximum Gasteiger partial charge on any atom is 0.338 e. The summed E-state index contributed by atoms with van der Waals surface area (Å²) in [6.07, 6.45) is 1.30. The molecule has 0 radical (unpaired) electrons. The van der Waals surface area contributed by atoms with Gasteiger partial charge in [-0.15, -0.1) is 0 Å². The smallest absolute Gasteiger partial charge is 0.338 e.